The van der Waals surface area contributed by atoms with Crippen LogP contribution in [-0.2, 0) is 4.74 Å². The van der Waals surface area contributed by atoms with E-state index in [4.69, 9.17) is 9.47 Å². The summed E-state index contributed by atoms with van der Waals surface area (Å²) in [6.45, 7) is -0.315. The fourth-order valence-corrected chi connectivity index (χ4v) is 2.51. The number of aromatic hydroxyl groups is 2. The quantitative estimate of drug-likeness (QED) is 0.581. The first kappa shape index (κ1) is 15.9. The summed E-state index contributed by atoms with van der Waals surface area (Å²) in [5.74, 6) is -0.364. The standard InChI is InChI=1S/C17H16O7/c1-22-17(21)10-3-5-13-14(7-10)24-16(15(8-18)23-13)9-2-4-11(19)12(20)6-9/h2-7,15-16,18-20H,8H2,1H3/t15-,16-/m0/s1. The topological polar surface area (TPSA) is 105 Å². The van der Waals surface area contributed by atoms with Crippen molar-refractivity contribution in [3.8, 4) is 23.0 Å². The van der Waals surface area contributed by atoms with Gasteiger partial charge in [0.15, 0.2) is 35.2 Å². The molecule has 2 aromatic carbocycles. The maximum atomic E-state index is 11.6. The van der Waals surface area contributed by atoms with Gasteiger partial charge in [0, 0.05) is 5.56 Å². The van der Waals surface area contributed by atoms with Crippen LogP contribution in [0.1, 0.15) is 22.0 Å². The number of phenols is 2. The maximum absolute atomic E-state index is 11.6. The summed E-state index contributed by atoms with van der Waals surface area (Å²) in [7, 11) is 1.28. The smallest absolute Gasteiger partial charge is 0.337 e. The number of fused-ring (bicyclic) bond motifs is 1. The molecular formula is C17H16O7. The number of benzene rings is 2. The van der Waals surface area contributed by atoms with Crippen LogP contribution < -0.4 is 9.47 Å². The van der Waals surface area contributed by atoms with E-state index in [2.05, 4.69) is 4.74 Å². The molecule has 0 aromatic heterocycles. The molecule has 0 saturated heterocycles. The molecule has 0 radical (unpaired) electrons. The first-order chi connectivity index (χ1) is 11.5. The number of esters is 1. The molecule has 1 aliphatic heterocycles. The van der Waals surface area contributed by atoms with E-state index in [-0.39, 0.29) is 18.1 Å². The Labute approximate surface area is 137 Å². The van der Waals surface area contributed by atoms with Crippen molar-refractivity contribution < 1.29 is 34.3 Å². The van der Waals surface area contributed by atoms with Crippen molar-refractivity contribution in [2.45, 2.75) is 12.2 Å². The third kappa shape index (κ3) is 2.81. The Hall–Kier alpha value is -2.93. The molecule has 1 aliphatic rings. The molecule has 126 valence electrons. The number of phenolic OH excluding ortho intramolecular Hbond substituents is 2. The van der Waals surface area contributed by atoms with Crippen LogP contribution in [0.15, 0.2) is 36.4 Å². The van der Waals surface area contributed by atoms with E-state index in [1.165, 1.54) is 31.4 Å². The largest absolute Gasteiger partial charge is 0.504 e. The van der Waals surface area contributed by atoms with Gasteiger partial charge in [0.05, 0.1) is 19.3 Å². The molecule has 24 heavy (non-hydrogen) atoms. The van der Waals surface area contributed by atoms with Crippen molar-refractivity contribution in [3.63, 3.8) is 0 Å². The maximum Gasteiger partial charge on any atom is 0.337 e. The Balaban J connectivity index is 1.97. The summed E-state index contributed by atoms with van der Waals surface area (Å²) in [4.78, 5) is 11.6. The molecule has 2 aromatic rings. The average Bonchev–Trinajstić information content (AvgIpc) is 2.61. The first-order valence-electron chi connectivity index (χ1n) is 7.22. The minimum absolute atomic E-state index is 0.260. The fraction of sp³-hybridized carbons (Fsp3) is 0.235. The number of hydrogen-bond donors (Lipinski definition) is 3. The highest BCUT2D eigenvalue weighted by molar-refractivity contribution is 5.90. The Bertz CT molecular complexity index is 772. The lowest BCUT2D eigenvalue weighted by atomic mass is 10.0. The van der Waals surface area contributed by atoms with Gasteiger partial charge in [0.25, 0.3) is 0 Å². The van der Waals surface area contributed by atoms with E-state index in [9.17, 15) is 20.1 Å². The van der Waals surface area contributed by atoms with Crippen LogP contribution in [0.2, 0.25) is 0 Å². The van der Waals surface area contributed by atoms with Gasteiger partial charge in [-0.25, -0.2) is 4.79 Å². The molecule has 0 fully saturated rings. The van der Waals surface area contributed by atoms with E-state index in [1.54, 1.807) is 12.1 Å². The number of aliphatic hydroxyl groups excluding tert-OH is 1. The summed E-state index contributed by atoms with van der Waals surface area (Å²) in [5, 5.41) is 28.7. The van der Waals surface area contributed by atoms with Crippen LogP contribution in [0.5, 0.6) is 23.0 Å². The highest BCUT2D eigenvalue weighted by Gasteiger charge is 2.33. The second-order valence-electron chi connectivity index (χ2n) is 5.28. The lowest BCUT2D eigenvalue weighted by Gasteiger charge is -2.33. The zero-order valence-corrected chi connectivity index (χ0v) is 12.8. The number of hydrogen-bond acceptors (Lipinski definition) is 7. The van der Waals surface area contributed by atoms with Crippen molar-refractivity contribution in [2.75, 3.05) is 13.7 Å². The average molecular weight is 332 g/mol. The number of carbonyl (C=O) groups is 1. The van der Waals surface area contributed by atoms with E-state index in [0.29, 0.717) is 22.6 Å². The van der Waals surface area contributed by atoms with Gasteiger partial charge < -0.3 is 29.5 Å². The summed E-state index contributed by atoms with van der Waals surface area (Å²) in [6.07, 6.45) is -1.42. The molecule has 0 saturated carbocycles. The molecule has 0 unspecified atom stereocenters. The summed E-state index contributed by atoms with van der Waals surface area (Å²) in [6, 6.07) is 8.80. The first-order valence-corrected chi connectivity index (χ1v) is 7.22. The number of aliphatic hydroxyl groups is 1. The SMILES string of the molecule is COC(=O)c1ccc2c(c1)O[C@@H](c1ccc(O)c(O)c1)[C@H](CO)O2. The fourth-order valence-electron chi connectivity index (χ4n) is 2.51. The van der Waals surface area contributed by atoms with Gasteiger partial charge in [-0.1, -0.05) is 6.07 Å². The van der Waals surface area contributed by atoms with E-state index in [1.807, 2.05) is 0 Å². The second kappa shape index (κ2) is 6.29. The van der Waals surface area contributed by atoms with Crippen molar-refractivity contribution in [1.82, 2.24) is 0 Å². The number of ether oxygens (including phenoxy) is 3. The van der Waals surface area contributed by atoms with Crippen LogP contribution in [-0.4, -0.2) is 41.1 Å². The predicted octanol–water partition coefficient (Wildman–Crippen LogP) is 1.76. The van der Waals surface area contributed by atoms with Gasteiger partial charge >= 0.3 is 5.97 Å². The lowest BCUT2D eigenvalue weighted by Crippen LogP contribution is -2.36. The molecular weight excluding hydrogens is 316 g/mol. The number of carbonyl (C=O) groups excluding carboxylic acids is 1. The monoisotopic (exact) mass is 332 g/mol. The third-order valence-electron chi connectivity index (χ3n) is 3.74. The van der Waals surface area contributed by atoms with E-state index < -0.39 is 18.2 Å². The van der Waals surface area contributed by atoms with Gasteiger partial charge in [-0.05, 0) is 30.3 Å². The van der Waals surface area contributed by atoms with Crippen LogP contribution in [0.3, 0.4) is 0 Å². The van der Waals surface area contributed by atoms with Crippen LogP contribution >= 0.6 is 0 Å². The molecule has 7 heteroatoms. The normalized spacial score (nSPS) is 18.9. The van der Waals surface area contributed by atoms with Crippen molar-refractivity contribution in [2.24, 2.45) is 0 Å². The molecule has 3 rings (SSSR count). The summed E-state index contributed by atoms with van der Waals surface area (Å²) >= 11 is 0. The van der Waals surface area contributed by atoms with Gasteiger partial charge in [0.2, 0.25) is 0 Å². The third-order valence-corrected chi connectivity index (χ3v) is 3.74. The summed E-state index contributed by atoms with van der Waals surface area (Å²) in [5.41, 5.74) is 0.813. The van der Waals surface area contributed by atoms with Crippen molar-refractivity contribution in [1.29, 1.82) is 0 Å². The molecule has 0 aliphatic carbocycles. The van der Waals surface area contributed by atoms with Crippen LogP contribution in [0.25, 0.3) is 0 Å². The summed E-state index contributed by atoms with van der Waals surface area (Å²) < 4.78 is 16.3. The van der Waals surface area contributed by atoms with Gasteiger partial charge in [-0.3, -0.25) is 0 Å². The Kier molecular flexibility index (Phi) is 4.18. The van der Waals surface area contributed by atoms with Crippen LogP contribution in [0, 0.1) is 0 Å². The number of methoxy groups -OCH3 is 1. The minimum Gasteiger partial charge on any atom is -0.504 e. The van der Waals surface area contributed by atoms with Gasteiger partial charge in [-0.15, -0.1) is 0 Å². The molecule has 3 N–H and O–H groups in total. The predicted molar refractivity (Wildman–Crippen MR) is 82.4 cm³/mol. The molecule has 2 atom stereocenters. The molecule has 1 heterocycles. The Morgan fingerprint density at radius 1 is 1.08 bits per heavy atom. The second-order valence-corrected chi connectivity index (χ2v) is 5.28. The lowest BCUT2D eigenvalue weighted by molar-refractivity contribution is -0.0125. The highest BCUT2D eigenvalue weighted by atomic mass is 16.6. The van der Waals surface area contributed by atoms with Crippen LogP contribution in [0.4, 0.5) is 0 Å². The Morgan fingerprint density at radius 3 is 2.54 bits per heavy atom. The van der Waals surface area contributed by atoms with Crippen molar-refractivity contribution in [3.05, 3.63) is 47.5 Å². The number of rotatable bonds is 3. The molecule has 7 nitrogen and oxygen atoms in total. The molecule has 0 amide bonds. The van der Waals surface area contributed by atoms with E-state index >= 15 is 0 Å². The van der Waals surface area contributed by atoms with E-state index in [0.717, 1.165) is 0 Å². The van der Waals surface area contributed by atoms with Crippen molar-refractivity contribution >= 4 is 5.97 Å². The van der Waals surface area contributed by atoms with Gasteiger partial charge in [-0.2, -0.15) is 0 Å². The minimum atomic E-state index is -0.720. The molecule has 0 spiro atoms. The zero-order chi connectivity index (χ0) is 17.3. The Morgan fingerprint density at radius 2 is 1.88 bits per heavy atom. The molecule has 0 bridgehead atoms. The highest BCUT2D eigenvalue weighted by Crippen LogP contribution is 2.41. The van der Waals surface area contributed by atoms with Gasteiger partial charge in [0.1, 0.15) is 0 Å². The zero-order valence-electron chi connectivity index (χ0n) is 12.8.